The van der Waals surface area contributed by atoms with Gasteiger partial charge in [0.05, 0.1) is 0 Å². The second-order valence-electron chi connectivity index (χ2n) is 4.99. The first-order chi connectivity index (χ1) is 9.19. The summed E-state index contributed by atoms with van der Waals surface area (Å²) in [6.07, 6.45) is 5.02. The summed E-state index contributed by atoms with van der Waals surface area (Å²) in [7, 11) is 0. The van der Waals surface area contributed by atoms with Gasteiger partial charge in [0.1, 0.15) is 5.70 Å². The van der Waals surface area contributed by atoms with Gasteiger partial charge in [-0.1, -0.05) is 31.2 Å². The van der Waals surface area contributed by atoms with Crippen LogP contribution in [0, 0.1) is 0 Å². The van der Waals surface area contributed by atoms with E-state index in [0.29, 0.717) is 16.9 Å². The molecule has 0 aromatic heterocycles. The Bertz CT molecular complexity index is 558. The van der Waals surface area contributed by atoms with Crippen LogP contribution in [0.1, 0.15) is 30.9 Å². The molecule has 1 N–H and O–H groups in total. The van der Waals surface area contributed by atoms with Gasteiger partial charge in [-0.2, -0.15) is 0 Å². The van der Waals surface area contributed by atoms with Crippen molar-refractivity contribution in [1.82, 2.24) is 10.2 Å². The Balaban J connectivity index is 1.83. The third-order valence-corrected chi connectivity index (χ3v) is 3.82. The summed E-state index contributed by atoms with van der Waals surface area (Å²) in [5, 5.41) is 3.57. The van der Waals surface area contributed by atoms with Crippen LogP contribution >= 0.6 is 12.2 Å². The van der Waals surface area contributed by atoms with Crippen molar-refractivity contribution in [3.8, 4) is 0 Å². The predicted molar refractivity (Wildman–Crippen MR) is 79.4 cm³/mol. The minimum Gasteiger partial charge on any atom is -0.328 e. The van der Waals surface area contributed by atoms with E-state index in [2.05, 4.69) is 24.4 Å². The second kappa shape index (κ2) is 4.78. The molecule has 0 atom stereocenters. The van der Waals surface area contributed by atoms with Gasteiger partial charge in [0.15, 0.2) is 5.11 Å². The standard InChI is InChI=1S/C15H16N2OS/c1-2-10-3-5-11(6-4-10)9-13-14(18)17(12-7-8-12)15(19)16-13/h3-6,9,12H,2,7-8H2,1H3,(H,16,19)/b13-9+. The molecular weight excluding hydrogens is 256 g/mol. The first-order valence-electron chi connectivity index (χ1n) is 6.64. The molecule has 0 bridgehead atoms. The minimum absolute atomic E-state index is 0.00654. The number of benzene rings is 1. The molecule has 0 unspecified atom stereocenters. The molecule has 19 heavy (non-hydrogen) atoms. The molecule has 1 aromatic carbocycles. The van der Waals surface area contributed by atoms with E-state index in [1.54, 1.807) is 4.90 Å². The molecule has 3 rings (SSSR count). The molecule has 0 radical (unpaired) electrons. The fraction of sp³-hybridized carbons (Fsp3) is 0.333. The molecule has 1 heterocycles. The quantitative estimate of drug-likeness (QED) is 0.677. The lowest BCUT2D eigenvalue weighted by atomic mass is 10.1. The topological polar surface area (TPSA) is 32.3 Å². The highest BCUT2D eigenvalue weighted by Crippen LogP contribution is 2.30. The molecule has 4 heteroatoms. The number of carbonyl (C=O) groups is 1. The van der Waals surface area contributed by atoms with Gasteiger partial charge in [-0.05, 0) is 48.7 Å². The maximum Gasteiger partial charge on any atom is 0.276 e. The van der Waals surface area contributed by atoms with Gasteiger partial charge < -0.3 is 5.32 Å². The Hall–Kier alpha value is -1.68. The van der Waals surface area contributed by atoms with E-state index in [9.17, 15) is 4.79 Å². The maximum atomic E-state index is 12.2. The van der Waals surface area contributed by atoms with Crippen molar-refractivity contribution in [3.05, 3.63) is 41.1 Å². The lowest BCUT2D eigenvalue weighted by Crippen LogP contribution is -2.32. The van der Waals surface area contributed by atoms with Gasteiger partial charge in [0.2, 0.25) is 0 Å². The van der Waals surface area contributed by atoms with Gasteiger partial charge >= 0.3 is 0 Å². The van der Waals surface area contributed by atoms with Crippen molar-refractivity contribution in [2.75, 3.05) is 0 Å². The number of rotatable bonds is 3. The van der Waals surface area contributed by atoms with E-state index >= 15 is 0 Å². The Morgan fingerprint density at radius 3 is 2.63 bits per heavy atom. The average Bonchev–Trinajstić information content (AvgIpc) is 3.19. The van der Waals surface area contributed by atoms with Crippen LogP contribution < -0.4 is 5.32 Å². The van der Waals surface area contributed by atoms with Crippen molar-refractivity contribution in [1.29, 1.82) is 0 Å². The molecule has 1 amide bonds. The summed E-state index contributed by atoms with van der Waals surface area (Å²) in [5.41, 5.74) is 2.90. The summed E-state index contributed by atoms with van der Waals surface area (Å²) >= 11 is 5.22. The lowest BCUT2D eigenvalue weighted by molar-refractivity contribution is -0.122. The van der Waals surface area contributed by atoms with Crippen LogP contribution in [0.15, 0.2) is 30.0 Å². The average molecular weight is 272 g/mol. The van der Waals surface area contributed by atoms with E-state index in [1.807, 2.05) is 18.2 Å². The largest absolute Gasteiger partial charge is 0.328 e. The van der Waals surface area contributed by atoms with Crippen molar-refractivity contribution < 1.29 is 4.79 Å². The third-order valence-electron chi connectivity index (χ3n) is 3.52. The smallest absolute Gasteiger partial charge is 0.276 e. The van der Waals surface area contributed by atoms with Gasteiger partial charge in [-0.25, -0.2) is 0 Å². The highest BCUT2D eigenvalue weighted by molar-refractivity contribution is 7.80. The SMILES string of the molecule is CCc1ccc(/C=C2/NC(=S)N(C3CC3)C2=O)cc1. The molecular formula is C15H16N2OS. The maximum absolute atomic E-state index is 12.2. The molecule has 1 saturated carbocycles. The zero-order valence-electron chi connectivity index (χ0n) is 10.8. The third kappa shape index (κ3) is 2.40. The minimum atomic E-state index is 0.00654. The van der Waals surface area contributed by atoms with Gasteiger partial charge in [-0.15, -0.1) is 0 Å². The van der Waals surface area contributed by atoms with E-state index < -0.39 is 0 Å². The van der Waals surface area contributed by atoms with Crippen LogP contribution in [-0.4, -0.2) is 22.0 Å². The number of amides is 1. The number of thiocarbonyl (C=S) groups is 1. The van der Waals surface area contributed by atoms with E-state index in [-0.39, 0.29) is 5.91 Å². The predicted octanol–water partition coefficient (Wildman–Crippen LogP) is 2.47. The number of carbonyl (C=O) groups excluding carboxylic acids is 1. The monoisotopic (exact) mass is 272 g/mol. The summed E-state index contributed by atoms with van der Waals surface area (Å²) < 4.78 is 0. The first kappa shape index (κ1) is 12.4. The van der Waals surface area contributed by atoms with E-state index in [1.165, 1.54) is 5.56 Å². The van der Waals surface area contributed by atoms with Crippen LogP contribution in [0.5, 0.6) is 0 Å². The molecule has 1 saturated heterocycles. The zero-order chi connectivity index (χ0) is 13.4. The molecule has 0 spiro atoms. The number of nitrogens with one attached hydrogen (secondary N) is 1. The zero-order valence-corrected chi connectivity index (χ0v) is 11.7. The van der Waals surface area contributed by atoms with Crippen LogP contribution in [0.2, 0.25) is 0 Å². The normalized spacial score (nSPS) is 21.1. The highest BCUT2D eigenvalue weighted by atomic mass is 32.1. The van der Waals surface area contributed by atoms with Crippen LogP contribution in [0.25, 0.3) is 6.08 Å². The number of nitrogens with zero attached hydrogens (tertiary/aromatic N) is 1. The summed E-state index contributed by atoms with van der Waals surface area (Å²) in [6, 6.07) is 8.56. The number of hydrogen-bond donors (Lipinski definition) is 1. The summed E-state index contributed by atoms with van der Waals surface area (Å²) in [4.78, 5) is 13.9. The molecule has 2 fully saturated rings. The molecule has 1 aliphatic carbocycles. The Morgan fingerprint density at radius 1 is 1.37 bits per heavy atom. The number of aryl methyl sites for hydroxylation is 1. The molecule has 1 aromatic rings. The fourth-order valence-corrected chi connectivity index (χ4v) is 2.57. The molecule has 3 nitrogen and oxygen atoms in total. The second-order valence-corrected chi connectivity index (χ2v) is 5.38. The lowest BCUT2D eigenvalue weighted by Gasteiger charge is -2.11. The Kier molecular flexibility index (Phi) is 3.11. The van der Waals surface area contributed by atoms with Crippen LogP contribution in [0.4, 0.5) is 0 Å². The van der Waals surface area contributed by atoms with Gasteiger partial charge in [0, 0.05) is 6.04 Å². The van der Waals surface area contributed by atoms with Crippen molar-refractivity contribution in [3.63, 3.8) is 0 Å². The van der Waals surface area contributed by atoms with Crippen molar-refractivity contribution in [2.45, 2.75) is 32.2 Å². The highest BCUT2D eigenvalue weighted by Gasteiger charge is 2.41. The first-order valence-corrected chi connectivity index (χ1v) is 7.05. The Labute approximate surface area is 118 Å². The molecule has 2 aliphatic rings. The fourth-order valence-electron chi connectivity index (χ4n) is 2.23. The van der Waals surface area contributed by atoms with E-state index in [0.717, 1.165) is 24.8 Å². The van der Waals surface area contributed by atoms with Crippen LogP contribution in [0.3, 0.4) is 0 Å². The van der Waals surface area contributed by atoms with Gasteiger partial charge in [-0.3, -0.25) is 9.69 Å². The molecule has 98 valence electrons. The summed E-state index contributed by atoms with van der Waals surface area (Å²) in [5.74, 6) is 0.00654. The van der Waals surface area contributed by atoms with Gasteiger partial charge in [0.25, 0.3) is 5.91 Å². The van der Waals surface area contributed by atoms with Crippen molar-refractivity contribution in [2.24, 2.45) is 0 Å². The van der Waals surface area contributed by atoms with Crippen LogP contribution in [-0.2, 0) is 11.2 Å². The van der Waals surface area contributed by atoms with E-state index in [4.69, 9.17) is 12.2 Å². The number of hydrogen-bond acceptors (Lipinski definition) is 2. The Morgan fingerprint density at radius 2 is 2.05 bits per heavy atom. The summed E-state index contributed by atoms with van der Waals surface area (Å²) in [6.45, 7) is 2.13. The molecule has 1 aliphatic heterocycles. The van der Waals surface area contributed by atoms with Crippen molar-refractivity contribution >= 4 is 29.3 Å².